The van der Waals surface area contributed by atoms with E-state index in [-0.39, 0.29) is 12.7 Å². The maximum Gasteiger partial charge on any atom is 0.0720 e. The van der Waals surface area contributed by atoms with Crippen molar-refractivity contribution in [2.45, 2.75) is 33.2 Å². The van der Waals surface area contributed by atoms with Crippen molar-refractivity contribution in [1.29, 1.82) is 0 Å². The Bertz CT molecular complexity index is 256. The van der Waals surface area contributed by atoms with Crippen molar-refractivity contribution in [3.05, 3.63) is 35.4 Å². The van der Waals surface area contributed by atoms with Crippen LogP contribution >= 0.6 is 0 Å². The Morgan fingerprint density at radius 2 is 2.00 bits per heavy atom. The predicted octanol–water partition coefficient (Wildman–Crippen LogP) is 2.10. The fraction of sp³-hybridized carbons (Fsp3) is 0.455. The molecule has 0 aliphatic heterocycles. The van der Waals surface area contributed by atoms with Gasteiger partial charge in [0, 0.05) is 0 Å². The summed E-state index contributed by atoms with van der Waals surface area (Å²) in [5, 5.41) is 8.90. The van der Waals surface area contributed by atoms with Crippen LogP contribution in [0.5, 0.6) is 0 Å². The van der Waals surface area contributed by atoms with Crippen molar-refractivity contribution in [2.75, 3.05) is 0 Å². The van der Waals surface area contributed by atoms with Gasteiger partial charge in [0.05, 0.1) is 19.3 Å². The lowest BCUT2D eigenvalue weighted by Gasteiger charge is -2.07. The van der Waals surface area contributed by atoms with Gasteiger partial charge in [-0.05, 0) is 25.0 Å². The average molecular weight is 180 g/mol. The number of aliphatic hydroxyl groups excluding tert-OH is 1. The number of hydrogen-bond donors (Lipinski definition) is 1. The van der Waals surface area contributed by atoms with Crippen LogP contribution < -0.4 is 0 Å². The molecule has 1 aromatic carbocycles. The lowest BCUT2D eigenvalue weighted by Crippen LogP contribution is -2.02. The number of hydrogen-bond acceptors (Lipinski definition) is 2. The van der Waals surface area contributed by atoms with Gasteiger partial charge in [-0.3, -0.25) is 0 Å². The molecule has 0 atom stereocenters. The van der Waals surface area contributed by atoms with E-state index >= 15 is 0 Å². The molecule has 0 aliphatic carbocycles. The highest BCUT2D eigenvalue weighted by Crippen LogP contribution is 2.07. The number of benzene rings is 1. The smallest absolute Gasteiger partial charge is 0.0720 e. The maximum atomic E-state index is 8.90. The molecule has 1 N–H and O–H groups in total. The molecule has 1 aromatic rings. The molecule has 0 bridgehead atoms. The third-order valence-electron chi connectivity index (χ3n) is 1.76. The monoisotopic (exact) mass is 180 g/mol. The fourth-order valence-electron chi connectivity index (χ4n) is 1.08. The van der Waals surface area contributed by atoms with Gasteiger partial charge in [0.1, 0.15) is 0 Å². The molecule has 0 spiro atoms. The quantitative estimate of drug-likeness (QED) is 0.769. The second-order valence-electron chi connectivity index (χ2n) is 3.34. The molecule has 1 rings (SSSR count). The van der Waals surface area contributed by atoms with E-state index in [0.29, 0.717) is 6.61 Å². The second-order valence-corrected chi connectivity index (χ2v) is 3.34. The normalized spacial score (nSPS) is 10.8. The van der Waals surface area contributed by atoms with Gasteiger partial charge < -0.3 is 9.84 Å². The standard InChI is InChI=1S/C11H16O2/c1-9(2)13-8-11-5-3-4-10(6-11)7-12/h3-6,9,12H,7-8H2,1-2H3. The van der Waals surface area contributed by atoms with Crippen LogP contribution in [-0.2, 0) is 18.0 Å². The van der Waals surface area contributed by atoms with Crippen molar-refractivity contribution in [3.8, 4) is 0 Å². The van der Waals surface area contributed by atoms with Crippen LogP contribution in [0.25, 0.3) is 0 Å². The Kier molecular flexibility index (Phi) is 3.93. The SMILES string of the molecule is CC(C)OCc1cccc(CO)c1. The highest BCUT2D eigenvalue weighted by Gasteiger charge is 1.97. The summed E-state index contributed by atoms with van der Waals surface area (Å²) in [4.78, 5) is 0. The first-order chi connectivity index (χ1) is 6.22. The molecular weight excluding hydrogens is 164 g/mol. The molecule has 0 saturated carbocycles. The third-order valence-corrected chi connectivity index (χ3v) is 1.76. The van der Waals surface area contributed by atoms with Crippen molar-refractivity contribution in [2.24, 2.45) is 0 Å². The topological polar surface area (TPSA) is 29.5 Å². The Morgan fingerprint density at radius 1 is 1.31 bits per heavy atom. The minimum atomic E-state index is 0.0928. The fourth-order valence-corrected chi connectivity index (χ4v) is 1.08. The zero-order valence-electron chi connectivity index (χ0n) is 8.16. The Morgan fingerprint density at radius 3 is 2.62 bits per heavy atom. The van der Waals surface area contributed by atoms with Gasteiger partial charge in [0.25, 0.3) is 0 Å². The summed E-state index contributed by atoms with van der Waals surface area (Å²) in [5.41, 5.74) is 2.05. The van der Waals surface area contributed by atoms with Crippen LogP contribution in [0.4, 0.5) is 0 Å². The number of ether oxygens (including phenoxy) is 1. The van der Waals surface area contributed by atoms with E-state index in [1.165, 1.54) is 0 Å². The van der Waals surface area contributed by atoms with Crippen molar-refractivity contribution in [1.82, 2.24) is 0 Å². The van der Waals surface area contributed by atoms with E-state index in [1.54, 1.807) is 0 Å². The van der Waals surface area contributed by atoms with Gasteiger partial charge >= 0.3 is 0 Å². The van der Waals surface area contributed by atoms with E-state index in [9.17, 15) is 0 Å². The summed E-state index contributed by atoms with van der Waals surface area (Å²) in [7, 11) is 0. The van der Waals surface area contributed by atoms with E-state index in [4.69, 9.17) is 9.84 Å². The first-order valence-electron chi connectivity index (χ1n) is 4.52. The lowest BCUT2D eigenvalue weighted by atomic mass is 10.1. The number of rotatable bonds is 4. The van der Waals surface area contributed by atoms with E-state index in [1.807, 2.05) is 38.1 Å². The molecule has 0 saturated heterocycles. The molecule has 0 fully saturated rings. The molecule has 72 valence electrons. The van der Waals surface area contributed by atoms with Crippen LogP contribution in [0, 0.1) is 0 Å². The van der Waals surface area contributed by atoms with Gasteiger partial charge in [-0.15, -0.1) is 0 Å². The first-order valence-corrected chi connectivity index (χ1v) is 4.52. The zero-order valence-corrected chi connectivity index (χ0v) is 8.16. The molecule has 13 heavy (non-hydrogen) atoms. The zero-order chi connectivity index (χ0) is 9.68. The summed E-state index contributed by atoms with van der Waals surface area (Å²) in [5.74, 6) is 0. The molecule has 0 aromatic heterocycles. The van der Waals surface area contributed by atoms with Gasteiger partial charge in [-0.1, -0.05) is 24.3 Å². The van der Waals surface area contributed by atoms with Crippen molar-refractivity contribution in [3.63, 3.8) is 0 Å². The Hall–Kier alpha value is -0.860. The van der Waals surface area contributed by atoms with E-state index in [2.05, 4.69) is 0 Å². The summed E-state index contributed by atoms with van der Waals surface area (Å²) in [6.45, 7) is 4.73. The molecule has 0 unspecified atom stereocenters. The summed E-state index contributed by atoms with van der Waals surface area (Å²) in [6, 6.07) is 7.80. The number of aliphatic hydroxyl groups is 1. The highest BCUT2D eigenvalue weighted by atomic mass is 16.5. The van der Waals surface area contributed by atoms with Crippen LogP contribution in [0.1, 0.15) is 25.0 Å². The predicted molar refractivity (Wildman–Crippen MR) is 52.3 cm³/mol. The van der Waals surface area contributed by atoms with E-state index < -0.39 is 0 Å². The first kappa shape index (κ1) is 10.2. The van der Waals surface area contributed by atoms with E-state index in [0.717, 1.165) is 11.1 Å². The minimum Gasteiger partial charge on any atom is -0.392 e. The summed E-state index contributed by atoms with van der Waals surface area (Å²) >= 11 is 0. The molecule has 0 radical (unpaired) electrons. The van der Waals surface area contributed by atoms with Crippen LogP contribution in [0.15, 0.2) is 24.3 Å². The third kappa shape index (κ3) is 3.57. The molecular formula is C11H16O2. The van der Waals surface area contributed by atoms with Crippen molar-refractivity contribution >= 4 is 0 Å². The van der Waals surface area contributed by atoms with Crippen LogP contribution in [-0.4, -0.2) is 11.2 Å². The highest BCUT2D eigenvalue weighted by molar-refractivity contribution is 5.22. The Balaban J connectivity index is 2.56. The average Bonchev–Trinajstić information content (AvgIpc) is 2.15. The summed E-state index contributed by atoms with van der Waals surface area (Å²) < 4.78 is 5.45. The van der Waals surface area contributed by atoms with Gasteiger partial charge in [0.15, 0.2) is 0 Å². The molecule has 0 heterocycles. The van der Waals surface area contributed by atoms with Crippen LogP contribution in [0.2, 0.25) is 0 Å². The van der Waals surface area contributed by atoms with Gasteiger partial charge in [-0.25, -0.2) is 0 Å². The lowest BCUT2D eigenvalue weighted by molar-refractivity contribution is 0.0656. The van der Waals surface area contributed by atoms with Crippen LogP contribution in [0.3, 0.4) is 0 Å². The van der Waals surface area contributed by atoms with Crippen molar-refractivity contribution < 1.29 is 9.84 Å². The maximum absolute atomic E-state index is 8.90. The molecule has 2 nitrogen and oxygen atoms in total. The minimum absolute atomic E-state index is 0.0928. The van der Waals surface area contributed by atoms with Gasteiger partial charge in [-0.2, -0.15) is 0 Å². The molecule has 2 heteroatoms. The second kappa shape index (κ2) is 5.00. The molecule has 0 amide bonds. The Labute approximate surface area is 79.2 Å². The molecule has 0 aliphatic rings. The van der Waals surface area contributed by atoms with Gasteiger partial charge in [0.2, 0.25) is 0 Å². The largest absolute Gasteiger partial charge is 0.392 e. The summed E-state index contributed by atoms with van der Waals surface area (Å²) in [6.07, 6.45) is 0.248.